The maximum atomic E-state index is 11.9. The first-order valence-electron chi connectivity index (χ1n) is 7.79. The number of aromatic nitrogens is 1. The molecule has 0 atom stereocenters. The zero-order valence-corrected chi connectivity index (χ0v) is 14.0. The summed E-state index contributed by atoms with van der Waals surface area (Å²) in [4.78, 5) is 27.8. The first-order valence-corrected chi connectivity index (χ1v) is 7.79. The van der Waals surface area contributed by atoms with E-state index in [4.69, 9.17) is 13.9 Å². The van der Waals surface area contributed by atoms with Crippen molar-refractivity contribution in [2.24, 2.45) is 0 Å². The predicted octanol–water partition coefficient (Wildman–Crippen LogP) is 3.03. The van der Waals surface area contributed by atoms with E-state index >= 15 is 0 Å². The van der Waals surface area contributed by atoms with Gasteiger partial charge in [-0.2, -0.15) is 0 Å². The Bertz CT molecular complexity index is 928. The van der Waals surface area contributed by atoms with E-state index < -0.39 is 18.5 Å². The van der Waals surface area contributed by atoms with Gasteiger partial charge in [-0.25, -0.2) is 9.78 Å². The van der Waals surface area contributed by atoms with Gasteiger partial charge in [-0.3, -0.25) is 4.79 Å². The molecule has 26 heavy (non-hydrogen) atoms. The van der Waals surface area contributed by atoms with Crippen molar-refractivity contribution in [3.63, 3.8) is 0 Å². The van der Waals surface area contributed by atoms with E-state index in [1.807, 2.05) is 12.1 Å². The number of para-hydroxylation sites is 4. The fraction of sp³-hybridized carbons (Fsp3) is 0.105. The molecule has 0 saturated carbocycles. The molecule has 3 aromatic rings. The van der Waals surface area contributed by atoms with Gasteiger partial charge >= 0.3 is 5.97 Å². The third kappa shape index (κ3) is 4.27. The van der Waals surface area contributed by atoms with Crippen molar-refractivity contribution in [2.75, 3.05) is 19.0 Å². The number of ether oxygens (including phenoxy) is 2. The van der Waals surface area contributed by atoms with Crippen LogP contribution in [-0.2, 0) is 14.3 Å². The molecule has 0 spiro atoms. The summed E-state index contributed by atoms with van der Waals surface area (Å²) >= 11 is 0. The number of carbonyl (C=O) groups excluding carboxylic acids is 2. The molecule has 7 nitrogen and oxygen atoms in total. The van der Waals surface area contributed by atoms with Crippen LogP contribution in [0, 0.1) is 0 Å². The molecule has 1 heterocycles. The minimum atomic E-state index is -0.678. The first-order chi connectivity index (χ1) is 12.7. The standard InChI is InChI=1S/C19H16N2O5/c1-24-15-8-4-2-6-13(15)20-17(22)12-25-19(23)11-10-18-21-14-7-3-5-9-16(14)26-18/h2-11H,12H2,1H3,(H,20,22)/b11-10+. The van der Waals surface area contributed by atoms with Gasteiger partial charge < -0.3 is 19.2 Å². The predicted molar refractivity (Wildman–Crippen MR) is 95.6 cm³/mol. The summed E-state index contributed by atoms with van der Waals surface area (Å²) in [6, 6.07) is 14.2. The van der Waals surface area contributed by atoms with Crippen molar-refractivity contribution < 1.29 is 23.5 Å². The van der Waals surface area contributed by atoms with Crippen LogP contribution in [0.25, 0.3) is 17.2 Å². The highest BCUT2D eigenvalue weighted by Gasteiger charge is 2.09. The smallest absolute Gasteiger partial charge is 0.331 e. The Morgan fingerprint density at radius 3 is 2.73 bits per heavy atom. The Balaban J connectivity index is 1.52. The number of carbonyl (C=O) groups is 2. The summed E-state index contributed by atoms with van der Waals surface area (Å²) in [6.45, 7) is -0.422. The number of nitrogens with one attached hydrogen (secondary N) is 1. The van der Waals surface area contributed by atoms with E-state index in [0.29, 0.717) is 22.5 Å². The summed E-state index contributed by atoms with van der Waals surface area (Å²) in [5, 5.41) is 2.61. The Morgan fingerprint density at radius 1 is 1.15 bits per heavy atom. The van der Waals surface area contributed by atoms with Crippen molar-refractivity contribution in [3.05, 3.63) is 60.5 Å². The van der Waals surface area contributed by atoms with Gasteiger partial charge in [0, 0.05) is 12.2 Å². The Morgan fingerprint density at radius 2 is 1.92 bits per heavy atom. The van der Waals surface area contributed by atoms with Crippen molar-refractivity contribution in [1.82, 2.24) is 4.98 Å². The van der Waals surface area contributed by atoms with E-state index in [-0.39, 0.29) is 5.89 Å². The summed E-state index contributed by atoms with van der Waals surface area (Å²) in [7, 11) is 1.50. The van der Waals surface area contributed by atoms with Gasteiger partial charge in [-0.15, -0.1) is 0 Å². The summed E-state index contributed by atoms with van der Waals surface area (Å²) in [6.07, 6.45) is 2.54. The zero-order valence-electron chi connectivity index (χ0n) is 14.0. The van der Waals surface area contributed by atoms with Crippen LogP contribution in [0.1, 0.15) is 5.89 Å². The number of esters is 1. The second kappa shape index (κ2) is 7.98. The number of rotatable bonds is 6. The number of oxazole rings is 1. The van der Waals surface area contributed by atoms with Crippen LogP contribution in [-0.4, -0.2) is 30.6 Å². The largest absolute Gasteiger partial charge is 0.495 e. The van der Waals surface area contributed by atoms with Gasteiger partial charge in [-0.1, -0.05) is 24.3 Å². The molecule has 7 heteroatoms. The molecular formula is C19H16N2O5. The lowest BCUT2D eigenvalue weighted by Crippen LogP contribution is -2.20. The zero-order chi connectivity index (χ0) is 18.4. The Kier molecular flexibility index (Phi) is 5.28. The van der Waals surface area contributed by atoms with Gasteiger partial charge in [0.1, 0.15) is 11.3 Å². The second-order valence-electron chi connectivity index (χ2n) is 5.21. The van der Waals surface area contributed by atoms with E-state index in [1.54, 1.807) is 36.4 Å². The number of hydrogen-bond acceptors (Lipinski definition) is 6. The average Bonchev–Trinajstić information content (AvgIpc) is 3.08. The normalized spacial score (nSPS) is 10.8. The highest BCUT2D eigenvalue weighted by atomic mass is 16.5. The van der Waals surface area contributed by atoms with Gasteiger partial charge in [0.25, 0.3) is 5.91 Å². The summed E-state index contributed by atoms with van der Waals surface area (Å²) in [5.74, 6) is -0.356. The monoisotopic (exact) mass is 352 g/mol. The lowest BCUT2D eigenvalue weighted by molar-refractivity contribution is -0.142. The fourth-order valence-electron chi connectivity index (χ4n) is 2.22. The minimum Gasteiger partial charge on any atom is -0.495 e. The average molecular weight is 352 g/mol. The van der Waals surface area contributed by atoms with Crippen LogP contribution in [0.3, 0.4) is 0 Å². The fourth-order valence-corrected chi connectivity index (χ4v) is 2.22. The molecule has 3 rings (SSSR count). The maximum Gasteiger partial charge on any atom is 0.331 e. The van der Waals surface area contributed by atoms with Crippen LogP contribution in [0.4, 0.5) is 5.69 Å². The molecule has 0 unspecified atom stereocenters. The van der Waals surface area contributed by atoms with Crippen LogP contribution in [0.2, 0.25) is 0 Å². The van der Waals surface area contributed by atoms with Gasteiger partial charge in [0.05, 0.1) is 12.8 Å². The molecule has 0 bridgehead atoms. The number of anilines is 1. The van der Waals surface area contributed by atoms with Crippen LogP contribution >= 0.6 is 0 Å². The Labute approximate surface area is 149 Å². The van der Waals surface area contributed by atoms with E-state index in [0.717, 1.165) is 6.08 Å². The SMILES string of the molecule is COc1ccccc1NC(=O)COC(=O)/C=C/c1nc2ccccc2o1. The number of amides is 1. The van der Waals surface area contributed by atoms with Crippen LogP contribution in [0.5, 0.6) is 5.75 Å². The van der Waals surface area contributed by atoms with E-state index in [2.05, 4.69) is 10.3 Å². The van der Waals surface area contributed by atoms with Crippen molar-refractivity contribution in [3.8, 4) is 5.75 Å². The van der Waals surface area contributed by atoms with Crippen LogP contribution in [0.15, 0.2) is 59.0 Å². The minimum absolute atomic E-state index is 0.279. The number of benzene rings is 2. The van der Waals surface area contributed by atoms with Gasteiger partial charge in [0.2, 0.25) is 5.89 Å². The molecule has 0 fully saturated rings. The molecule has 1 aromatic heterocycles. The number of hydrogen-bond donors (Lipinski definition) is 1. The van der Waals surface area contributed by atoms with Gasteiger partial charge in [-0.05, 0) is 24.3 Å². The highest BCUT2D eigenvalue weighted by molar-refractivity contribution is 5.95. The summed E-state index contributed by atoms with van der Waals surface area (Å²) < 4.78 is 15.5. The lowest BCUT2D eigenvalue weighted by atomic mass is 10.3. The van der Waals surface area contributed by atoms with Crippen molar-refractivity contribution in [2.45, 2.75) is 0 Å². The molecule has 132 valence electrons. The molecule has 1 amide bonds. The molecule has 1 N–H and O–H groups in total. The van der Waals surface area contributed by atoms with Crippen molar-refractivity contribution in [1.29, 1.82) is 0 Å². The lowest BCUT2D eigenvalue weighted by Gasteiger charge is -2.09. The topological polar surface area (TPSA) is 90.7 Å². The number of methoxy groups -OCH3 is 1. The summed E-state index contributed by atoms with van der Waals surface area (Å²) in [5.41, 5.74) is 1.81. The molecular weight excluding hydrogens is 336 g/mol. The van der Waals surface area contributed by atoms with Gasteiger partial charge in [0.15, 0.2) is 12.2 Å². The third-order valence-corrected chi connectivity index (χ3v) is 3.40. The molecule has 0 radical (unpaired) electrons. The molecule has 0 aliphatic heterocycles. The molecule has 0 aliphatic carbocycles. The quantitative estimate of drug-likeness (QED) is 0.542. The second-order valence-corrected chi connectivity index (χ2v) is 5.21. The number of nitrogens with zero attached hydrogens (tertiary/aromatic N) is 1. The first kappa shape index (κ1) is 17.2. The highest BCUT2D eigenvalue weighted by Crippen LogP contribution is 2.22. The van der Waals surface area contributed by atoms with Crippen LogP contribution < -0.4 is 10.1 Å². The number of fused-ring (bicyclic) bond motifs is 1. The maximum absolute atomic E-state index is 11.9. The molecule has 2 aromatic carbocycles. The Hall–Kier alpha value is -3.61. The van der Waals surface area contributed by atoms with E-state index in [9.17, 15) is 9.59 Å². The van der Waals surface area contributed by atoms with Crippen molar-refractivity contribution >= 4 is 34.7 Å². The molecule has 0 saturated heterocycles. The molecule has 0 aliphatic rings. The third-order valence-electron chi connectivity index (χ3n) is 3.40. The van der Waals surface area contributed by atoms with E-state index in [1.165, 1.54) is 13.2 Å².